The van der Waals surface area contributed by atoms with Gasteiger partial charge >= 0.3 is 0 Å². The van der Waals surface area contributed by atoms with Gasteiger partial charge in [0.15, 0.2) is 0 Å². The molecule has 0 atom stereocenters. The highest BCUT2D eigenvalue weighted by Crippen LogP contribution is 2.32. The van der Waals surface area contributed by atoms with E-state index >= 15 is 0 Å². The molecule has 0 saturated carbocycles. The number of pyridine rings is 1. The summed E-state index contributed by atoms with van der Waals surface area (Å²) in [5.74, 6) is -0.266. The summed E-state index contributed by atoms with van der Waals surface area (Å²) in [5, 5.41) is 1.32. The first kappa shape index (κ1) is 18.4. The Bertz CT molecular complexity index is 909. The van der Waals surface area contributed by atoms with Crippen molar-refractivity contribution in [2.75, 3.05) is 13.6 Å². The number of likely N-dealkylation sites (N-methyl/N-ethyl adjacent to an activating group) is 1. The zero-order valence-corrected chi connectivity index (χ0v) is 16.4. The Kier molecular flexibility index (Phi) is 5.46. The number of aryl methyl sites for hydroxylation is 2. The molecule has 0 aliphatic carbocycles. The Labute approximate surface area is 161 Å². The molecule has 0 saturated heterocycles. The molecule has 0 unspecified atom stereocenters. The smallest absolute Gasteiger partial charge is 0.141 e. The molecule has 132 valence electrons. The quantitative estimate of drug-likeness (QED) is 0.613. The van der Waals surface area contributed by atoms with Crippen LogP contribution in [0.2, 0.25) is 0 Å². The van der Waals surface area contributed by atoms with E-state index < -0.39 is 0 Å². The van der Waals surface area contributed by atoms with Gasteiger partial charge in [-0.15, -0.1) is 12.4 Å². The fourth-order valence-electron chi connectivity index (χ4n) is 3.65. The molecule has 0 spiro atoms. The van der Waals surface area contributed by atoms with Crippen LogP contribution in [0.25, 0.3) is 10.9 Å². The second-order valence-corrected chi connectivity index (χ2v) is 7.40. The summed E-state index contributed by atoms with van der Waals surface area (Å²) in [5.41, 5.74) is 5.06. The van der Waals surface area contributed by atoms with Gasteiger partial charge < -0.3 is 9.47 Å². The molecular weight excluding hydrogens is 405 g/mol. The summed E-state index contributed by atoms with van der Waals surface area (Å²) in [6.07, 6.45) is 4.85. The van der Waals surface area contributed by atoms with Gasteiger partial charge in [-0.25, -0.2) is 4.39 Å². The molecule has 3 nitrogen and oxygen atoms in total. The standard InChI is InChI=1S/C19H19BrFN3.ClH/c1-23-6-5-19-17(12-23)16-9-14(20)2-3-18(16)24(19)7-4-13-8-15(21)11-22-10-13;/h2-3,8-11H,4-7,12H2,1H3;1H. The van der Waals surface area contributed by atoms with Gasteiger partial charge in [0, 0.05) is 53.3 Å². The molecular formula is C19H20BrClFN3. The van der Waals surface area contributed by atoms with Crippen LogP contribution >= 0.6 is 28.3 Å². The molecule has 4 rings (SSSR count). The second-order valence-electron chi connectivity index (χ2n) is 6.49. The van der Waals surface area contributed by atoms with Crippen molar-refractivity contribution in [2.24, 2.45) is 0 Å². The van der Waals surface area contributed by atoms with Crippen molar-refractivity contribution in [3.05, 3.63) is 63.8 Å². The number of hydrogen-bond donors (Lipinski definition) is 0. The Morgan fingerprint density at radius 3 is 2.88 bits per heavy atom. The summed E-state index contributed by atoms with van der Waals surface area (Å²) in [6, 6.07) is 8.07. The predicted molar refractivity (Wildman–Crippen MR) is 105 cm³/mol. The minimum atomic E-state index is -0.266. The molecule has 25 heavy (non-hydrogen) atoms. The van der Waals surface area contributed by atoms with Crippen LogP contribution in [0, 0.1) is 5.82 Å². The second kappa shape index (κ2) is 7.44. The topological polar surface area (TPSA) is 21.1 Å². The molecule has 3 aromatic rings. The summed E-state index contributed by atoms with van der Waals surface area (Å²) in [7, 11) is 2.17. The fraction of sp³-hybridized carbons (Fsp3) is 0.316. The number of hydrogen-bond acceptors (Lipinski definition) is 2. The zero-order chi connectivity index (χ0) is 16.7. The highest BCUT2D eigenvalue weighted by molar-refractivity contribution is 9.10. The molecule has 1 aliphatic heterocycles. The van der Waals surface area contributed by atoms with E-state index in [2.05, 4.69) is 55.6 Å². The van der Waals surface area contributed by atoms with Crippen LogP contribution in [0.1, 0.15) is 16.8 Å². The number of rotatable bonds is 3. The Morgan fingerprint density at radius 1 is 1.24 bits per heavy atom. The van der Waals surface area contributed by atoms with Crippen molar-refractivity contribution in [2.45, 2.75) is 25.9 Å². The number of benzene rings is 1. The van der Waals surface area contributed by atoms with Gasteiger partial charge in [0.1, 0.15) is 5.82 Å². The molecule has 1 aliphatic rings. The number of aromatic nitrogens is 2. The Hall–Kier alpha value is -1.43. The molecule has 0 radical (unpaired) electrons. The average molecular weight is 425 g/mol. The van der Waals surface area contributed by atoms with E-state index in [1.54, 1.807) is 12.3 Å². The van der Waals surface area contributed by atoms with Gasteiger partial charge in [-0.1, -0.05) is 15.9 Å². The van der Waals surface area contributed by atoms with Gasteiger partial charge in [-0.2, -0.15) is 0 Å². The molecule has 0 N–H and O–H groups in total. The van der Waals surface area contributed by atoms with Crippen molar-refractivity contribution >= 4 is 39.2 Å². The van der Waals surface area contributed by atoms with E-state index in [0.717, 1.165) is 42.5 Å². The Balaban J connectivity index is 0.00000182. The minimum Gasteiger partial charge on any atom is -0.344 e. The van der Waals surface area contributed by atoms with Crippen molar-refractivity contribution in [3.63, 3.8) is 0 Å². The lowest BCUT2D eigenvalue weighted by Gasteiger charge is -2.24. The van der Waals surface area contributed by atoms with Crippen LogP contribution < -0.4 is 0 Å². The van der Waals surface area contributed by atoms with E-state index in [-0.39, 0.29) is 18.2 Å². The van der Waals surface area contributed by atoms with Crippen molar-refractivity contribution < 1.29 is 4.39 Å². The summed E-state index contributed by atoms with van der Waals surface area (Å²) < 4.78 is 16.9. The minimum absolute atomic E-state index is 0. The highest BCUT2D eigenvalue weighted by atomic mass is 79.9. The first-order valence-corrected chi connectivity index (χ1v) is 8.98. The van der Waals surface area contributed by atoms with Crippen LogP contribution in [0.15, 0.2) is 41.1 Å². The van der Waals surface area contributed by atoms with Crippen molar-refractivity contribution in [1.82, 2.24) is 14.5 Å². The van der Waals surface area contributed by atoms with Crippen molar-refractivity contribution in [3.8, 4) is 0 Å². The van der Waals surface area contributed by atoms with Crippen LogP contribution in [-0.2, 0) is 25.9 Å². The van der Waals surface area contributed by atoms with Gasteiger partial charge in [0.25, 0.3) is 0 Å². The van der Waals surface area contributed by atoms with E-state index in [1.807, 2.05) is 0 Å². The van der Waals surface area contributed by atoms with Gasteiger partial charge in [0.2, 0.25) is 0 Å². The monoisotopic (exact) mass is 423 g/mol. The molecule has 0 bridgehead atoms. The molecule has 2 aromatic heterocycles. The third-order valence-electron chi connectivity index (χ3n) is 4.79. The van der Waals surface area contributed by atoms with Gasteiger partial charge in [-0.05, 0) is 48.9 Å². The summed E-state index contributed by atoms with van der Waals surface area (Å²) >= 11 is 3.60. The third-order valence-corrected chi connectivity index (χ3v) is 5.29. The van der Waals surface area contributed by atoms with Gasteiger partial charge in [-0.3, -0.25) is 4.98 Å². The average Bonchev–Trinajstić information content (AvgIpc) is 2.85. The van der Waals surface area contributed by atoms with Gasteiger partial charge in [0.05, 0.1) is 6.20 Å². The number of halogens is 3. The number of nitrogens with zero attached hydrogens (tertiary/aromatic N) is 3. The molecule has 0 fully saturated rings. The normalized spacial score (nSPS) is 14.4. The molecule has 6 heteroatoms. The van der Waals surface area contributed by atoms with Crippen LogP contribution in [-0.4, -0.2) is 28.0 Å². The van der Waals surface area contributed by atoms with E-state index in [1.165, 1.54) is 28.4 Å². The van der Waals surface area contributed by atoms with Crippen LogP contribution in [0.5, 0.6) is 0 Å². The van der Waals surface area contributed by atoms with E-state index in [4.69, 9.17) is 0 Å². The number of fused-ring (bicyclic) bond motifs is 3. The SMILES string of the molecule is CN1CCc2c(c3cc(Br)ccc3n2CCc2cncc(F)c2)C1.Cl. The summed E-state index contributed by atoms with van der Waals surface area (Å²) in [6.45, 7) is 2.91. The molecule has 0 amide bonds. The third kappa shape index (κ3) is 3.59. The fourth-order valence-corrected chi connectivity index (χ4v) is 4.01. The summed E-state index contributed by atoms with van der Waals surface area (Å²) in [4.78, 5) is 6.32. The molecule has 3 heterocycles. The van der Waals surface area contributed by atoms with E-state index in [9.17, 15) is 4.39 Å². The lowest BCUT2D eigenvalue weighted by atomic mass is 10.1. The lowest BCUT2D eigenvalue weighted by molar-refractivity contribution is 0.309. The van der Waals surface area contributed by atoms with E-state index in [0.29, 0.717) is 0 Å². The predicted octanol–water partition coefficient (Wildman–Crippen LogP) is 4.59. The molecule has 1 aromatic carbocycles. The largest absolute Gasteiger partial charge is 0.344 e. The first-order valence-electron chi connectivity index (χ1n) is 8.19. The Morgan fingerprint density at radius 2 is 2.08 bits per heavy atom. The maximum Gasteiger partial charge on any atom is 0.141 e. The highest BCUT2D eigenvalue weighted by Gasteiger charge is 2.22. The maximum atomic E-state index is 13.4. The maximum absolute atomic E-state index is 13.4. The first-order chi connectivity index (χ1) is 11.6. The zero-order valence-electron chi connectivity index (χ0n) is 14.0. The van der Waals surface area contributed by atoms with Crippen LogP contribution in [0.4, 0.5) is 4.39 Å². The van der Waals surface area contributed by atoms with Crippen molar-refractivity contribution in [1.29, 1.82) is 0 Å². The lowest BCUT2D eigenvalue weighted by Crippen LogP contribution is -2.27. The van der Waals surface area contributed by atoms with Crippen LogP contribution in [0.3, 0.4) is 0 Å².